The number of nitrogens with one attached hydrogen (secondary N) is 1. The molecule has 6 heteroatoms. The Morgan fingerprint density at radius 2 is 1.75 bits per heavy atom. The number of hydrogen-bond donors (Lipinski definition) is 1. The minimum atomic E-state index is -0.282. The van der Waals surface area contributed by atoms with E-state index < -0.39 is 0 Å². The second kappa shape index (κ2) is 9.56. The minimum Gasteiger partial charge on any atom is -0.497 e. The van der Waals surface area contributed by atoms with Crippen LogP contribution in [-0.4, -0.2) is 29.2 Å². The Kier molecular flexibility index (Phi) is 6.40. The van der Waals surface area contributed by atoms with Crippen LogP contribution in [0.1, 0.15) is 34.7 Å². The molecule has 1 atom stereocenters. The van der Waals surface area contributed by atoms with Crippen molar-refractivity contribution in [2.75, 3.05) is 13.7 Å². The van der Waals surface area contributed by atoms with Crippen LogP contribution < -0.4 is 14.8 Å². The first-order valence-corrected chi connectivity index (χ1v) is 10.7. The molecule has 0 spiro atoms. The average Bonchev–Trinajstić information content (AvgIpc) is 3.19. The fourth-order valence-corrected chi connectivity index (χ4v) is 3.71. The number of hydrogen-bond acceptors (Lipinski definition) is 4. The maximum atomic E-state index is 12.8. The Morgan fingerprint density at radius 1 is 1.03 bits per heavy atom. The first-order valence-electron chi connectivity index (χ1n) is 10.7. The molecule has 0 radical (unpaired) electrons. The van der Waals surface area contributed by atoms with Gasteiger partial charge in [-0.05, 0) is 61.9 Å². The first-order chi connectivity index (χ1) is 15.6. The van der Waals surface area contributed by atoms with Gasteiger partial charge in [-0.1, -0.05) is 30.3 Å². The van der Waals surface area contributed by atoms with E-state index in [2.05, 4.69) is 9.88 Å². The van der Waals surface area contributed by atoms with Gasteiger partial charge in [-0.15, -0.1) is 0 Å². The zero-order valence-electron chi connectivity index (χ0n) is 18.5. The third-order valence-corrected chi connectivity index (χ3v) is 5.44. The van der Waals surface area contributed by atoms with Crippen molar-refractivity contribution in [3.8, 4) is 11.5 Å². The number of carbonyl (C=O) groups is 1. The van der Waals surface area contributed by atoms with Gasteiger partial charge in [0.1, 0.15) is 23.9 Å². The van der Waals surface area contributed by atoms with E-state index in [9.17, 15) is 4.79 Å². The Hall–Kier alpha value is -3.80. The summed E-state index contributed by atoms with van der Waals surface area (Å²) in [5, 5.41) is 3.06. The van der Waals surface area contributed by atoms with Crippen LogP contribution in [0, 0.1) is 6.92 Å². The van der Waals surface area contributed by atoms with Gasteiger partial charge in [0.15, 0.2) is 0 Å². The van der Waals surface area contributed by atoms with Crippen molar-refractivity contribution < 1.29 is 14.3 Å². The summed E-state index contributed by atoms with van der Waals surface area (Å²) in [6, 6.07) is 22.7. The molecule has 4 rings (SSSR count). The van der Waals surface area contributed by atoms with Crippen LogP contribution in [0.15, 0.2) is 72.8 Å². The molecule has 1 unspecified atom stereocenters. The van der Waals surface area contributed by atoms with Crippen LogP contribution in [0.5, 0.6) is 11.5 Å². The van der Waals surface area contributed by atoms with Crippen molar-refractivity contribution in [3.63, 3.8) is 0 Å². The number of fused-ring (bicyclic) bond motifs is 1. The molecule has 0 aliphatic rings. The van der Waals surface area contributed by atoms with Crippen molar-refractivity contribution in [2.45, 2.75) is 26.4 Å². The number of imidazole rings is 1. The number of methoxy groups -OCH3 is 1. The Morgan fingerprint density at radius 3 is 2.50 bits per heavy atom. The van der Waals surface area contributed by atoms with Crippen LogP contribution in [-0.2, 0) is 6.54 Å². The van der Waals surface area contributed by atoms with E-state index in [1.807, 2.05) is 62.4 Å². The van der Waals surface area contributed by atoms with Gasteiger partial charge in [0.05, 0.1) is 30.7 Å². The van der Waals surface area contributed by atoms with E-state index in [0.717, 1.165) is 28.2 Å². The first kappa shape index (κ1) is 21.4. The number of aryl methyl sites for hydroxylation is 1. The number of ether oxygens (including phenoxy) is 2. The van der Waals surface area contributed by atoms with E-state index in [1.165, 1.54) is 0 Å². The number of aromatic nitrogens is 2. The van der Waals surface area contributed by atoms with E-state index in [4.69, 9.17) is 14.5 Å². The van der Waals surface area contributed by atoms with Gasteiger partial charge in [0, 0.05) is 5.56 Å². The average molecular weight is 430 g/mol. The molecule has 4 aromatic rings. The van der Waals surface area contributed by atoms with Gasteiger partial charge >= 0.3 is 0 Å². The van der Waals surface area contributed by atoms with Crippen LogP contribution in [0.2, 0.25) is 0 Å². The molecule has 0 saturated heterocycles. The quantitative estimate of drug-likeness (QED) is 0.432. The molecule has 1 N–H and O–H groups in total. The van der Waals surface area contributed by atoms with E-state index >= 15 is 0 Å². The fraction of sp³-hybridized carbons (Fsp3) is 0.231. The van der Waals surface area contributed by atoms with Gasteiger partial charge in [-0.3, -0.25) is 4.79 Å². The second-order valence-corrected chi connectivity index (χ2v) is 7.65. The lowest BCUT2D eigenvalue weighted by molar-refractivity contribution is 0.0937. The molecule has 1 amide bonds. The van der Waals surface area contributed by atoms with Crippen LogP contribution in [0.25, 0.3) is 11.0 Å². The third kappa shape index (κ3) is 4.59. The fourth-order valence-electron chi connectivity index (χ4n) is 3.71. The van der Waals surface area contributed by atoms with Gasteiger partial charge in [-0.2, -0.15) is 0 Å². The zero-order chi connectivity index (χ0) is 22.5. The summed E-state index contributed by atoms with van der Waals surface area (Å²) >= 11 is 0. The molecule has 0 saturated carbocycles. The Balaban J connectivity index is 1.53. The molecule has 6 nitrogen and oxygen atoms in total. The number of nitrogens with zero attached hydrogens (tertiary/aromatic N) is 2. The summed E-state index contributed by atoms with van der Waals surface area (Å²) in [5.74, 6) is 2.22. The molecule has 0 aliphatic heterocycles. The zero-order valence-corrected chi connectivity index (χ0v) is 18.5. The van der Waals surface area contributed by atoms with Crippen LogP contribution >= 0.6 is 0 Å². The third-order valence-electron chi connectivity index (χ3n) is 5.44. The van der Waals surface area contributed by atoms with E-state index in [0.29, 0.717) is 24.5 Å². The molecule has 1 aromatic heterocycles. The number of benzene rings is 3. The molecular formula is C26H27N3O3. The van der Waals surface area contributed by atoms with Crippen molar-refractivity contribution in [3.05, 3.63) is 89.7 Å². The van der Waals surface area contributed by atoms with Crippen molar-refractivity contribution >= 4 is 16.9 Å². The van der Waals surface area contributed by atoms with Gasteiger partial charge < -0.3 is 19.4 Å². The minimum absolute atomic E-state index is 0.157. The smallest absolute Gasteiger partial charge is 0.251 e. The molecule has 0 fully saturated rings. The highest BCUT2D eigenvalue weighted by Crippen LogP contribution is 2.22. The van der Waals surface area contributed by atoms with E-state index in [1.54, 1.807) is 31.4 Å². The highest BCUT2D eigenvalue weighted by atomic mass is 16.5. The summed E-state index contributed by atoms with van der Waals surface area (Å²) < 4.78 is 13.3. The topological polar surface area (TPSA) is 65.4 Å². The molecule has 0 aliphatic carbocycles. The van der Waals surface area contributed by atoms with Crippen LogP contribution in [0.4, 0.5) is 0 Å². The SMILES string of the molecule is COc1ccc(C(=O)NC(C)c2nc3ccccc3n2CCOc2ccccc2C)cc1. The predicted molar refractivity (Wildman–Crippen MR) is 125 cm³/mol. The summed E-state index contributed by atoms with van der Waals surface area (Å²) in [4.78, 5) is 17.6. The number of para-hydroxylation sites is 3. The molecule has 1 heterocycles. The summed E-state index contributed by atoms with van der Waals surface area (Å²) in [6.07, 6.45) is 0. The summed E-state index contributed by atoms with van der Waals surface area (Å²) in [7, 11) is 1.60. The van der Waals surface area contributed by atoms with Crippen LogP contribution in [0.3, 0.4) is 0 Å². The Labute approximate surface area is 187 Å². The second-order valence-electron chi connectivity index (χ2n) is 7.65. The highest BCUT2D eigenvalue weighted by Gasteiger charge is 2.19. The lowest BCUT2D eigenvalue weighted by atomic mass is 10.2. The summed E-state index contributed by atoms with van der Waals surface area (Å²) in [6.45, 7) is 5.09. The van der Waals surface area contributed by atoms with Crippen molar-refractivity contribution in [1.29, 1.82) is 0 Å². The van der Waals surface area contributed by atoms with Gasteiger partial charge in [0.25, 0.3) is 5.91 Å². The van der Waals surface area contributed by atoms with Gasteiger partial charge in [-0.25, -0.2) is 4.98 Å². The predicted octanol–water partition coefficient (Wildman–Crippen LogP) is 4.92. The molecule has 0 bridgehead atoms. The summed E-state index contributed by atoms with van der Waals surface area (Å²) in [5.41, 5.74) is 3.58. The van der Waals surface area contributed by atoms with E-state index in [-0.39, 0.29) is 11.9 Å². The van der Waals surface area contributed by atoms with Crippen molar-refractivity contribution in [2.24, 2.45) is 0 Å². The maximum Gasteiger partial charge on any atom is 0.251 e. The molecular weight excluding hydrogens is 402 g/mol. The largest absolute Gasteiger partial charge is 0.497 e. The molecule has 164 valence electrons. The van der Waals surface area contributed by atoms with Crippen molar-refractivity contribution in [1.82, 2.24) is 14.9 Å². The number of amides is 1. The normalized spacial score (nSPS) is 11.8. The molecule has 3 aromatic carbocycles. The Bertz CT molecular complexity index is 1210. The lowest BCUT2D eigenvalue weighted by Crippen LogP contribution is -2.29. The number of carbonyl (C=O) groups excluding carboxylic acids is 1. The van der Waals surface area contributed by atoms with Gasteiger partial charge in [0.2, 0.25) is 0 Å². The molecule has 32 heavy (non-hydrogen) atoms. The maximum absolute atomic E-state index is 12.8. The monoisotopic (exact) mass is 429 g/mol. The standard InChI is InChI=1S/C26H27N3O3/c1-18-8-4-7-11-24(18)32-17-16-29-23-10-6-5-9-22(23)28-25(29)19(2)27-26(30)20-12-14-21(31-3)15-13-20/h4-15,19H,16-17H2,1-3H3,(H,27,30). The highest BCUT2D eigenvalue weighted by molar-refractivity contribution is 5.94. The lowest BCUT2D eigenvalue weighted by Gasteiger charge is -2.17. The number of rotatable bonds is 8.